The Morgan fingerprint density at radius 2 is 2.00 bits per heavy atom. The molecule has 1 atom stereocenters. The number of rotatable bonds is 5. The summed E-state index contributed by atoms with van der Waals surface area (Å²) in [5.74, 6) is -0.282. The third-order valence-electron chi connectivity index (χ3n) is 3.26. The molecule has 0 saturated heterocycles. The van der Waals surface area contributed by atoms with Crippen LogP contribution in [-0.2, 0) is 6.42 Å². The fourth-order valence-electron chi connectivity index (χ4n) is 2.25. The average molecular weight is 391 g/mol. The Labute approximate surface area is 142 Å². The van der Waals surface area contributed by atoms with E-state index in [1.165, 1.54) is 6.07 Å². The predicted octanol–water partition coefficient (Wildman–Crippen LogP) is 5.79. The number of hydrogen-bond donors (Lipinski definition) is 1. The molecule has 0 aromatic heterocycles. The first-order chi connectivity index (χ1) is 10.0. The second-order valence-electron chi connectivity index (χ2n) is 4.68. The van der Waals surface area contributed by atoms with Crippen LogP contribution in [0.3, 0.4) is 0 Å². The highest BCUT2D eigenvalue weighted by Crippen LogP contribution is 2.31. The Bertz CT molecular complexity index is 613. The molecule has 1 N–H and O–H groups in total. The van der Waals surface area contributed by atoms with Gasteiger partial charge in [-0.3, -0.25) is 0 Å². The number of benzene rings is 2. The van der Waals surface area contributed by atoms with Crippen molar-refractivity contribution in [3.63, 3.8) is 0 Å². The maximum Gasteiger partial charge on any atom is 0.127 e. The SMILES string of the molecule is CCNC(Cc1c(F)cccc1Cl)c1ccc(Cl)cc1Br. The Morgan fingerprint density at radius 3 is 2.62 bits per heavy atom. The molecule has 0 aliphatic carbocycles. The van der Waals surface area contributed by atoms with Gasteiger partial charge in [0.05, 0.1) is 0 Å². The van der Waals surface area contributed by atoms with Crippen molar-refractivity contribution in [1.82, 2.24) is 5.32 Å². The molecule has 2 aromatic rings. The lowest BCUT2D eigenvalue weighted by atomic mass is 9.98. The minimum Gasteiger partial charge on any atom is -0.310 e. The number of nitrogens with one attached hydrogen (secondary N) is 1. The van der Waals surface area contributed by atoms with Crippen molar-refractivity contribution >= 4 is 39.1 Å². The molecule has 0 fully saturated rings. The third kappa shape index (κ3) is 4.19. The molecule has 0 aliphatic rings. The second-order valence-corrected chi connectivity index (χ2v) is 6.38. The Kier molecular flexibility index (Phi) is 6.06. The quantitative estimate of drug-likeness (QED) is 0.681. The molecule has 1 nitrogen and oxygen atoms in total. The summed E-state index contributed by atoms with van der Waals surface area (Å²) in [5, 5.41) is 4.47. The molecular formula is C16H15BrCl2FN. The standard InChI is InChI=1S/C16H15BrCl2FN/c1-2-21-16(11-7-6-10(18)8-13(11)17)9-12-14(19)4-3-5-15(12)20/h3-8,16,21H,2,9H2,1H3. The molecule has 0 radical (unpaired) electrons. The fraction of sp³-hybridized carbons (Fsp3) is 0.250. The molecule has 2 rings (SSSR count). The normalized spacial score (nSPS) is 12.4. The van der Waals surface area contributed by atoms with Gasteiger partial charge < -0.3 is 5.32 Å². The van der Waals surface area contributed by atoms with Crippen LogP contribution in [0, 0.1) is 5.82 Å². The van der Waals surface area contributed by atoms with Crippen LogP contribution in [0.5, 0.6) is 0 Å². The second kappa shape index (κ2) is 7.59. The fourth-order valence-corrected chi connectivity index (χ4v) is 3.45. The van der Waals surface area contributed by atoms with Crippen LogP contribution in [-0.4, -0.2) is 6.54 Å². The van der Waals surface area contributed by atoms with Gasteiger partial charge >= 0.3 is 0 Å². The monoisotopic (exact) mass is 389 g/mol. The van der Waals surface area contributed by atoms with E-state index in [-0.39, 0.29) is 11.9 Å². The van der Waals surface area contributed by atoms with Crippen LogP contribution in [0.4, 0.5) is 4.39 Å². The van der Waals surface area contributed by atoms with Crippen molar-refractivity contribution in [2.45, 2.75) is 19.4 Å². The molecule has 0 spiro atoms. The lowest BCUT2D eigenvalue weighted by Gasteiger charge is -2.21. The summed E-state index contributed by atoms with van der Waals surface area (Å²) in [6.07, 6.45) is 0.472. The van der Waals surface area contributed by atoms with E-state index in [4.69, 9.17) is 23.2 Å². The summed E-state index contributed by atoms with van der Waals surface area (Å²) < 4.78 is 14.9. The van der Waals surface area contributed by atoms with Crippen molar-refractivity contribution in [1.29, 1.82) is 0 Å². The van der Waals surface area contributed by atoms with Gasteiger partial charge in [-0.1, -0.05) is 58.2 Å². The van der Waals surface area contributed by atoms with Crippen LogP contribution in [0.15, 0.2) is 40.9 Å². The molecule has 2 aromatic carbocycles. The summed E-state index contributed by atoms with van der Waals surface area (Å²) in [6, 6.07) is 10.3. The number of likely N-dealkylation sites (N-methyl/N-ethyl adjacent to an activating group) is 1. The summed E-state index contributed by atoms with van der Waals surface area (Å²) in [4.78, 5) is 0. The van der Waals surface area contributed by atoms with Crippen LogP contribution in [0.25, 0.3) is 0 Å². The molecule has 0 saturated carbocycles. The van der Waals surface area contributed by atoms with Gasteiger partial charge in [0.25, 0.3) is 0 Å². The van der Waals surface area contributed by atoms with Gasteiger partial charge in [-0.05, 0) is 42.8 Å². The number of halogens is 4. The molecule has 0 amide bonds. The van der Waals surface area contributed by atoms with E-state index in [1.807, 2.05) is 25.1 Å². The van der Waals surface area contributed by atoms with Gasteiger partial charge in [0.15, 0.2) is 0 Å². The lowest BCUT2D eigenvalue weighted by Crippen LogP contribution is -2.24. The highest BCUT2D eigenvalue weighted by Gasteiger charge is 2.18. The van der Waals surface area contributed by atoms with E-state index in [0.29, 0.717) is 22.0 Å². The van der Waals surface area contributed by atoms with Crippen molar-refractivity contribution in [3.8, 4) is 0 Å². The lowest BCUT2D eigenvalue weighted by molar-refractivity contribution is 0.526. The van der Waals surface area contributed by atoms with Gasteiger partial charge in [0, 0.05) is 26.1 Å². The van der Waals surface area contributed by atoms with E-state index in [1.54, 1.807) is 12.1 Å². The molecule has 112 valence electrons. The van der Waals surface area contributed by atoms with Gasteiger partial charge in [-0.15, -0.1) is 0 Å². The van der Waals surface area contributed by atoms with Crippen molar-refractivity contribution in [2.24, 2.45) is 0 Å². The Hall–Kier alpha value is -0.610. The zero-order valence-corrected chi connectivity index (χ0v) is 14.6. The number of hydrogen-bond acceptors (Lipinski definition) is 1. The largest absolute Gasteiger partial charge is 0.310 e. The van der Waals surface area contributed by atoms with Crippen molar-refractivity contribution < 1.29 is 4.39 Å². The summed E-state index contributed by atoms with van der Waals surface area (Å²) in [6.45, 7) is 2.78. The van der Waals surface area contributed by atoms with E-state index < -0.39 is 0 Å². The van der Waals surface area contributed by atoms with Gasteiger partial charge in [0.2, 0.25) is 0 Å². The molecule has 21 heavy (non-hydrogen) atoms. The summed E-state index contributed by atoms with van der Waals surface area (Å²) in [7, 11) is 0. The Morgan fingerprint density at radius 1 is 1.24 bits per heavy atom. The molecule has 0 bridgehead atoms. The van der Waals surface area contributed by atoms with E-state index in [2.05, 4.69) is 21.2 Å². The van der Waals surface area contributed by atoms with Crippen LogP contribution in [0.2, 0.25) is 10.0 Å². The first kappa shape index (κ1) is 16.8. The minimum absolute atomic E-state index is 0.0453. The maximum atomic E-state index is 14.0. The van der Waals surface area contributed by atoms with E-state index in [9.17, 15) is 4.39 Å². The first-order valence-corrected chi connectivity index (χ1v) is 8.19. The van der Waals surface area contributed by atoms with Crippen molar-refractivity contribution in [3.05, 3.63) is 67.9 Å². The summed E-state index contributed by atoms with van der Waals surface area (Å²) in [5.41, 5.74) is 1.55. The maximum absolute atomic E-state index is 14.0. The molecular weight excluding hydrogens is 376 g/mol. The topological polar surface area (TPSA) is 12.0 Å². The molecule has 1 unspecified atom stereocenters. The Balaban J connectivity index is 2.35. The zero-order valence-electron chi connectivity index (χ0n) is 11.5. The zero-order chi connectivity index (χ0) is 15.4. The highest BCUT2D eigenvalue weighted by molar-refractivity contribution is 9.10. The van der Waals surface area contributed by atoms with E-state index in [0.717, 1.165) is 16.6 Å². The van der Waals surface area contributed by atoms with Gasteiger partial charge in [-0.25, -0.2) is 4.39 Å². The molecule has 0 heterocycles. The highest BCUT2D eigenvalue weighted by atomic mass is 79.9. The molecule has 5 heteroatoms. The smallest absolute Gasteiger partial charge is 0.127 e. The van der Waals surface area contributed by atoms with Crippen molar-refractivity contribution in [2.75, 3.05) is 6.54 Å². The van der Waals surface area contributed by atoms with E-state index >= 15 is 0 Å². The predicted molar refractivity (Wildman–Crippen MR) is 90.7 cm³/mol. The minimum atomic E-state index is -0.282. The van der Waals surface area contributed by atoms with Gasteiger partial charge in [0.1, 0.15) is 5.82 Å². The average Bonchev–Trinajstić information content (AvgIpc) is 2.42. The van der Waals surface area contributed by atoms with Gasteiger partial charge in [-0.2, -0.15) is 0 Å². The third-order valence-corrected chi connectivity index (χ3v) is 4.53. The van der Waals surface area contributed by atoms with Crippen LogP contribution in [0.1, 0.15) is 24.1 Å². The van der Waals surface area contributed by atoms with Crippen LogP contribution < -0.4 is 5.32 Å². The van der Waals surface area contributed by atoms with Crippen LogP contribution >= 0.6 is 39.1 Å². The molecule has 0 aliphatic heterocycles. The first-order valence-electron chi connectivity index (χ1n) is 6.64. The summed E-state index contributed by atoms with van der Waals surface area (Å²) >= 11 is 15.6.